The Morgan fingerprint density at radius 3 is 1.89 bits per heavy atom. The maximum atomic E-state index is 14.1. The van der Waals surface area contributed by atoms with Crippen molar-refractivity contribution >= 4 is 42.7 Å². The first kappa shape index (κ1) is 22.4. The standard InChI is InChI=1S/C31H21N3O3S/c32-31-30(38(35,36)20-13-5-2-6-14-20)25(19-11-3-1-4-12-19)26-28-27(33-23-17-9-10-18-24(23)34-28)21-15-7-8-16-22(21)29(26)37-31/h1-18,25H,32H2. The second kappa shape index (κ2) is 8.39. The normalized spacial score (nSPS) is 15.5. The number of allylic oxidation sites excluding steroid dienone is 1. The number of aromatic nitrogens is 2. The van der Waals surface area contributed by atoms with Gasteiger partial charge in [-0.2, -0.15) is 0 Å². The van der Waals surface area contributed by atoms with E-state index in [1.807, 2.05) is 78.9 Å². The summed E-state index contributed by atoms with van der Waals surface area (Å²) in [5, 5.41) is 1.65. The summed E-state index contributed by atoms with van der Waals surface area (Å²) >= 11 is 0. The van der Waals surface area contributed by atoms with Crippen molar-refractivity contribution in [3.05, 3.63) is 131 Å². The molecule has 1 aliphatic heterocycles. The van der Waals surface area contributed by atoms with Gasteiger partial charge in [0.25, 0.3) is 0 Å². The third kappa shape index (κ3) is 3.29. The van der Waals surface area contributed by atoms with Gasteiger partial charge in [0.05, 0.1) is 32.9 Å². The summed E-state index contributed by atoms with van der Waals surface area (Å²) in [6, 6.07) is 33.2. The van der Waals surface area contributed by atoms with E-state index in [4.69, 9.17) is 20.4 Å². The minimum absolute atomic E-state index is 0.00561. The fraction of sp³-hybridized carbons (Fsp3) is 0.0323. The van der Waals surface area contributed by atoms with Gasteiger partial charge in [-0.1, -0.05) is 84.9 Å². The lowest BCUT2D eigenvalue weighted by Crippen LogP contribution is -2.27. The molecule has 2 N–H and O–H groups in total. The average Bonchev–Trinajstić information content (AvgIpc) is 2.96. The van der Waals surface area contributed by atoms with Gasteiger partial charge in [-0.15, -0.1) is 0 Å². The minimum Gasteiger partial charge on any atom is -0.439 e. The highest BCUT2D eigenvalue weighted by Crippen LogP contribution is 2.51. The summed E-state index contributed by atoms with van der Waals surface area (Å²) in [5.41, 5.74) is 10.6. The maximum absolute atomic E-state index is 14.1. The topological polar surface area (TPSA) is 95.2 Å². The van der Waals surface area contributed by atoms with Gasteiger partial charge >= 0.3 is 0 Å². The molecule has 0 amide bonds. The van der Waals surface area contributed by atoms with Crippen LogP contribution < -0.4 is 10.5 Å². The molecule has 7 heteroatoms. The summed E-state index contributed by atoms with van der Waals surface area (Å²) in [6.07, 6.45) is 0. The van der Waals surface area contributed by atoms with Crippen molar-refractivity contribution in [2.45, 2.75) is 10.8 Å². The average molecular weight is 516 g/mol. The van der Waals surface area contributed by atoms with E-state index in [2.05, 4.69) is 0 Å². The van der Waals surface area contributed by atoms with Gasteiger partial charge in [0.15, 0.2) is 0 Å². The van der Waals surface area contributed by atoms with Crippen molar-refractivity contribution in [3.8, 4) is 5.75 Å². The quantitative estimate of drug-likeness (QED) is 0.227. The molecule has 1 unspecified atom stereocenters. The van der Waals surface area contributed by atoms with Gasteiger partial charge in [0.1, 0.15) is 10.7 Å². The van der Waals surface area contributed by atoms with Gasteiger partial charge in [0.2, 0.25) is 15.7 Å². The molecule has 2 heterocycles. The fourth-order valence-corrected chi connectivity index (χ4v) is 6.95. The molecular formula is C31H21N3O3S. The first-order valence-electron chi connectivity index (χ1n) is 12.2. The third-order valence-electron chi connectivity index (χ3n) is 6.98. The predicted octanol–water partition coefficient (Wildman–Crippen LogP) is 6.06. The lowest BCUT2D eigenvalue weighted by molar-refractivity contribution is 0.400. The molecule has 0 bridgehead atoms. The van der Waals surface area contributed by atoms with Gasteiger partial charge in [0, 0.05) is 16.3 Å². The molecule has 5 aromatic carbocycles. The molecule has 1 aliphatic rings. The van der Waals surface area contributed by atoms with Crippen LogP contribution in [0.25, 0.3) is 32.8 Å². The number of hydrogen-bond acceptors (Lipinski definition) is 6. The van der Waals surface area contributed by atoms with E-state index in [0.717, 1.165) is 21.9 Å². The van der Waals surface area contributed by atoms with Crippen molar-refractivity contribution in [1.82, 2.24) is 9.97 Å². The molecule has 0 saturated carbocycles. The van der Waals surface area contributed by atoms with Crippen molar-refractivity contribution in [1.29, 1.82) is 0 Å². The number of nitrogens with zero attached hydrogens (tertiary/aromatic N) is 2. The van der Waals surface area contributed by atoms with E-state index in [0.29, 0.717) is 27.9 Å². The Morgan fingerprint density at radius 1 is 0.658 bits per heavy atom. The first-order chi connectivity index (χ1) is 18.5. The number of hydrogen-bond donors (Lipinski definition) is 1. The molecule has 0 fully saturated rings. The van der Waals surface area contributed by atoms with Crippen LogP contribution in [0.4, 0.5) is 0 Å². The number of fused-ring (bicyclic) bond motifs is 7. The van der Waals surface area contributed by atoms with Crippen LogP contribution in [0, 0.1) is 0 Å². The van der Waals surface area contributed by atoms with E-state index < -0.39 is 15.8 Å². The summed E-state index contributed by atoms with van der Waals surface area (Å²) < 4.78 is 34.5. The zero-order valence-electron chi connectivity index (χ0n) is 20.1. The highest BCUT2D eigenvalue weighted by atomic mass is 32.2. The minimum atomic E-state index is -4.03. The predicted molar refractivity (Wildman–Crippen MR) is 148 cm³/mol. The lowest BCUT2D eigenvalue weighted by atomic mass is 9.86. The van der Waals surface area contributed by atoms with Crippen molar-refractivity contribution in [2.75, 3.05) is 0 Å². The number of ether oxygens (including phenoxy) is 1. The highest BCUT2D eigenvalue weighted by Gasteiger charge is 2.41. The first-order valence-corrected chi connectivity index (χ1v) is 13.7. The molecule has 7 rings (SSSR count). The summed E-state index contributed by atoms with van der Waals surface area (Å²) in [7, 11) is -4.03. The van der Waals surface area contributed by atoms with Crippen molar-refractivity contribution in [2.24, 2.45) is 5.73 Å². The van der Waals surface area contributed by atoms with Crippen LogP contribution in [-0.2, 0) is 9.84 Å². The molecule has 0 spiro atoms. The molecule has 0 aliphatic carbocycles. The number of sulfone groups is 1. The van der Waals surface area contributed by atoms with Gasteiger partial charge in [-0.25, -0.2) is 18.4 Å². The molecule has 6 aromatic rings. The van der Waals surface area contributed by atoms with E-state index in [1.54, 1.807) is 30.3 Å². The molecule has 38 heavy (non-hydrogen) atoms. The smallest absolute Gasteiger partial charge is 0.208 e. The largest absolute Gasteiger partial charge is 0.439 e. The van der Waals surface area contributed by atoms with Crippen LogP contribution in [-0.4, -0.2) is 18.4 Å². The van der Waals surface area contributed by atoms with E-state index in [1.165, 1.54) is 0 Å². The molecular weight excluding hydrogens is 494 g/mol. The van der Waals surface area contributed by atoms with Crippen molar-refractivity contribution in [3.63, 3.8) is 0 Å². The Hall–Kier alpha value is -4.75. The molecule has 1 atom stereocenters. The van der Waals surface area contributed by atoms with Crippen LogP contribution in [0.1, 0.15) is 17.0 Å². The molecule has 184 valence electrons. The monoisotopic (exact) mass is 515 g/mol. The Morgan fingerprint density at radius 2 is 1.21 bits per heavy atom. The van der Waals surface area contributed by atoms with Crippen LogP contribution in [0.2, 0.25) is 0 Å². The number of benzene rings is 5. The summed E-state index contributed by atoms with van der Waals surface area (Å²) in [6.45, 7) is 0. The lowest BCUT2D eigenvalue weighted by Gasteiger charge is -2.31. The fourth-order valence-electron chi connectivity index (χ4n) is 5.30. The molecule has 0 saturated heterocycles. The van der Waals surface area contributed by atoms with Gasteiger partial charge < -0.3 is 10.5 Å². The van der Waals surface area contributed by atoms with Crippen LogP contribution in [0.5, 0.6) is 5.75 Å². The zero-order valence-corrected chi connectivity index (χ0v) is 20.9. The molecule has 6 nitrogen and oxygen atoms in total. The Labute approximate surface area is 219 Å². The van der Waals surface area contributed by atoms with Crippen molar-refractivity contribution < 1.29 is 13.2 Å². The Balaban J connectivity index is 1.65. The third-order valence-corrected chi connectivity index (χ3v) is 8.89. The second-order valence-electron chi connectivity index (χ2n) is 9.19. The van der Waals surface area contributed by atoms with Gasteiger partial charge in [-0.05, 0) is 29.8 Å². The molecule has 0 radical (unpaired) electrons. The second-order valence-corrected chi connectivity index (χ2v) is 11.1. The summed E-state index contributed by atoms with van der Waals surface area (Å²) in [4.78, 5) is 10.2. The van der Waals surface area contributed by atoms with E-state index >= 15 is 0 Å². The Kier molecular flexibility index (Phi) is 4.96. The van der Waals surface area contributed by atoms with Crippen LogP contribution in [0.3, 0.4) is 0 Å². The van der Waals surface area contributed by atoms with Gasteiger partial charge in [-0.3, -0.25) is 0 Å². The van der Waals surface area contributed by atoms with Crippen LogP contribution >= 0.6 is 0 Å². The molecule has 1 aromatic heterocycles. The highest BCUT2D eigenvalue weighted by molar-refractivity contribution is 7.95. The zero-order chi connectivity index (χ0) is 25.9. The van der Waals surface area contributed by atoms with Crippen LogP contribution in [0.15, 0.2) is 125 Å². The number of para-hydroxylation sites is 2. The summed E-state index contributed by atoms with van der Waals surface area (Å²) in [5.74, 6) is -0.405. The maximum Gasteiger partial charge on any atom is 0.208 e. The SMILES string of the molecule is NC1=C(S(=O)(=O)c2ccccc2)C(c2ccccc2)c2c(c3ccccc3c3nc4ccccc4nc23)O1. The number of nitrogens with two attached hydrogens (primary N) is 1. The Bertz CT molecular complexity index is 2020. The van der Waals surface area contributed by atoms with E-state index in [9.17, 15) is 8.42 Å². The van der Waals surface area contributed by atoms with E-state index in [-0.39, 0.29) is 15.7 Å². The number of rotatable bonds is 3.